The van der Waals surface area contributed by atoms with Gasteiger partial charge in [0.15, 0.2) is 6.10 Å². The van der Waals surface area contributed by atoms with E-state index >= 15 is 0 Å². The zero-order valence-electron chi connectivity index (χ0n) is 15.4. The minimum Gasteiger partial charge on any atom is -0.481 e. The number of likely N-dealkylation sites (N-methyl/N-ethyl adjacent to an activating group) is 1. The Morgan fingerprint density at radius 3 is 2.38 bits per heavy atom. The molecule has 3 rings (SSSR count). The maximum Gasteiger partial charge on any atom is 0.263 e. The summed E-state index contributed by atoms with van der Waals surface area (Å²) >= 11 is 0. The van der Waals surface area contributed by atoms with Crippen molar-refractivity contribution >= 4 is 22.4 Å². The monoisotopic (exact) mass is 348 g/mol. The van der Waals surface area contributed by atoms with E-state index in [1.54, 1.807) is 19.0 Å². The van der Waals surface area contributed by atoms with E-state index in [9.17, 15) is 4.79 Å². The number of benzene rings is 3. The molecule has 2 N–H and O–H groups in total. The van der Waals surface area contributed by atoms with E-state index in [0.29, 0.717) is 12.2 Å². The van der Waals surface area contributed by atoms with Gasteiger partial charge in [-0.2, -0.15) is 0 Å². The van der Waals surface area contributed by atoms with Crippen LogP contribution in [0.25, 0.3) is 21.9 Å². The van der Waals surface area contributed by atoms with Crippen LogP contribution in [0, 0.1) is 0 Å². The molecule has 0 aromatic heterocycles. The van der Waals surface area contributed by atoms with Crippen molar-refractivity contribution in [2.45, 2.75) is 19.4 Å². The fourth-order valence-electron chi connectivity index (χ4n) is 2.96. The van der Waals surface area contributed by atoms with Crippen LogP contribution in [0.5, 0.6) is 5.75 Å². The highest BCUT2D eigenvalue weighted by molar-refractivity contribution is 5.89. The molecule has 0 aliphatic heterocycles. The molecular weight excluding hydrogens is 324 g/mol. The van der Waals surface area contributed by atoms with Crippen LogP contribution in [-0.4, -0.2) is 31.0 Å². The lowest BCUT2D eigenvalue weighted by Gasteiger charge is -2.20. The number of fused-ring (bicyclic) bond motifs is 1. The van der Waals surface area contributed by atoms with E-state index in [1.807, 2.05) is 49.4 Å². The van der Waals surface area contributed by atoms with E-state index in [2.05, 4.69) is 18.2 Å². The van der Waals surface area contributed by atoms with Gasteiger partial charge in [0, 0.05) is 19.8 Å². The number of amides is 1. The van der Waals surface area contributed by atoms with Crippen molar-refractivity contribution in [1.82, 2.24) is 4.90 Å². The Kier molecular flexibility index (Phi) is 5.12. The van der Waals surface area contributed by atoms with Gasteiger partial charge in [-0.15, -0.1) is 0 Å². The molecule has 1 atom stereocenters. The van der Waals surface area contributed by atoms with Crippen LogP contribution in [-0.2, 0) is 4.79 Å². The predicted octanol–water partition coefficient (Wildman–Crippen LogP) is 4.33. The van der Waals surface area contributed by atoms with Crippen LogP contribution >= 0.6 is 0 Å². The molecule has 0 spiro atoms. The lowest BCUT2D eigenvalue weighted by Crippen LogP contribution is -2.37. The van der Waals surface area contributed by atoms with Crippen LogP contribution in [0.4, 0.5) is 5.69 Å². The van der Waals surface area contributed by atoms with E-state index in [1.165, 1.54) is 0 Å². The Hall–Kier alpha value is -3.01. The Morgan fingerprint density at radius 2 is 1.69 bits per heavy atom. The molecule has 1 amide bonds. The van der Waals surface area contributed by atoms with Crippen LogP contribution in [0.2, 0.25) is 0 Å². The number of hydrogen-bond donors (Lipinski definition) is 1. The molecule has 0 bridgehead atoms. The van der Waals surface area contributed by atoms with Crippen molar-refractivity contribution in [3.63, 3.8) is 0 Å². The SMILES string of the molecule is CCC(Oc1ccc2cc(-c3cccc(N)c3)ccc2c1)C(=O)N(C)C. The lowest BCUT2D eigenvalue weighted by molar-refractivity contribution is -0.136. The lowest BCUT2D eigenvalue weighted by atomic mass is 10.0. The Balaban J connectivity index is 1.88. The van der Waals surface area contributed by atoms with Crippen LogP contribution in [0.1, 0.15) is 13.3 Å². The molecule has 0 saturated carbocycles. The summed E-state index contributed by atoms with van der Waals surface area (Å²) in [7, 11) is 3.49. The largest absolute Gasteiger partial charge is 0.481 e. The number of nitrogens with two attached hydrogens (primary N) is 1. The first-order valence-corrected chi connectivity index (χ1v) is 8.75. The number of rotatable bonds is 5. The summed E-state index contributed by atoms with van der Waals surface area (Å²) in [6.45, 7) is 1.95. The van der Waals surface area contributed by atoms with Gasteiger partial charge >= 0.3 is 0 Å². The zero-order valence-corrected chi connectivity index (χ0v) is 15.4. The Bertz CT molecular complexity index is 934. The van der Waals surface area contributed by atoms with Gasteiger partial charge in [0.05, 0.1) is 0 Å². The van der Waals surface area contributed by atoms with Crippen LogP contribution in [0.3, 0.4) is 0 Å². The number of carbonyl (C=O) groups excluding carboxylic acids is 1. The first-order chi connectivity index (χ1) is 12.5. The van der Waals surface area contributed by atoms with Crippen molar-refractivity contribution in [1.29, 1.82) is 0 Å². The maximum absolute atomic E-state index is 12.2. The van der Waals surface area contributed by atoms with Gasteiger partial charge in [-0.25, -0.2) is 0 Å². The van der Waals surface area contributed by atoms with Gasteiger partial charge in [0.1, 0.15) is 5.75 Å². The van der Waals surface area contributed by atoms with E-state index < -0.39 is 6.10 Å². The van der Waals surface area contributed by atoms with Gasteiger partial charge < -0.3 is 15.4 Å². The van der Waals surface area contributed by atoms with Crippen molar-refractivity contribution in [2.24, 2.45) is 0 Å². The summed E-state index contributed by atoms with van der Waals surface area (Å²) in [6, 6.07) is 20.0. The van der Waals surface area contributed by atoms with Gasteiger partial charge in [-0.1, -0.05) is 37.3 Å². The number of hydrogen-bond acceptors (Lipinski definition) is 3. The molecule has 0 radical (unpaired) electrons. The zero-order chi connectivity index (χ0) is 18.7. The van der Waals surface area contributed by atoms with E-state index in [4.69, 9.17) is 10.5 Å². The van der Waals surface area contributed by atoms with E-state index in [0.717, 1.165) is 27.6 Å². The molecule has 4 nitrogen and oxygen atoms in total. The predicted molar refractivity (Wildman–Crippen MR) is 107 cm³/mol. The third-order valence-corrected chi connectivity index (χ3v) is 4.40. The Labute approximate surface area is 154 Å². The summed E-state index contributed by atoms with van der Waals surface area (Å²) in [5, 5.41) is 2.19. The summed E-state index contributed by atoms with van der Waals surface area (Å²) in [5.41, 5.74) is 8.85. The average molecular weight is 348 g/mol. The first kappa shape index (κ1) is 17.8. The summed E-state index contributed by atoms with van der Waals surface area (Å²) in [5.74, 6) is 0.681. The molecule has 1 unspecified atom stereocenters. The van der Waals surface area contributed by atoms with Crippen molar-refractivity contribution in [3.8, 4) is 16.9 Å². The number of carbonyl (C=O) groups is 1. The minimum absolute atomic E-state index is 0.0235. The fraction of sp³-hybridized carbons (Fsp3) is 0.227. The molecule has 3 aromatic carbocycles. The smallest absolute Gasteiger partial charge is 0.263 e. The summed E-state index contributed by atoms with van der Waals surface area (Å²) in [6.07, 6.45) is 0.165. The number of nitrogens with zero attached hydrogens (tertiary/aromatic N) is 1. The molecule has 0 aliphatic carbocycles. The second-order valence-electron chi connectivity index (χ2n) is 6.60. The van der Waals surface area contributed by atoms with Gasteiger partial charge in [0.2, 0.25) is 0 Å². The molecule has 0 saturated heterocycles. The number of nitrogen functional groups attached to an aromatic ring is 1. The highest BCUT2D eigenvalue weighted by Gasteiger charge is 2.20. The van der Waals surface area contributed by atoms with Gasteiger partial charge in [0.25, 0.3) is 5.91 Å². The Morgan fingerprint density at radius 1 is 1.00 bits per heavy atom. The van der Waals surface area contributed by atoms with Crippen LogP contribution in [0.15, 0.2) is 60.7 Å². The fourth-order valence-corrected chi connectivity index (χ4v) is 2.96. The average Bonchev–Trinajstić information content (AvgIpc) is 2.65. The molecule has 3 aromatic rings. The second kappa shape index (κ2) is 7.48. The third kappa shape index (κ3) is 3.80. The van der Waals surface area contributed by atoms with Crippen molar-refractivity contribution < 1.29 is 9.53 Å². The molecule has 134 valence electrons. The third-order valence-electron chi connectivity index (χ3n) is 4.40. The van der Waals surface area contributed by atoms with Crippen molar-refractivity contribution in [3.05, 3.63) is 60.7 Å². The quantitative estimate of drug-likeness (QED) is 0.698. The number of ether oxygens (including phenoxy) is 1. The van der Waals surface area contributed by atoms with Crippen LogP contribution < -0.4 is 10.5 Å². The van der Waals surface area contributed by atoms with Gasteiger partial charge in [-0.3, -0.25) is 4.79 Å². The van der Waals surface area contributed by atoms with Gasteiger partial charge in [-0.05, 0) is 58.7 Å². The van der Waals surface area contributed by atoms with E-state index in [-0.39, 0.29) is 5.91 Å². The molecule has 0 aliphatic rings. The maximum atomic E-state index is 12.2. The normalized spacial score (nSPS) is 12.0. The molecular formula is C22H24N2O2. The standard InChI is InChI=1S/C22H24N2O2/c1-4-21(22(25)24(2)3)26-20-11-10-17-12-16(8-9-18(17)14-20)15-6-5-7-19(23)13-15/h5-14,21H,4,23H2,1-3H3. The topological polar surface area (TPSA) is 55.6 Å². The number of anilines is 1. The molecule has 26 heavy (non-hydrogen) atoms. The summed E-state index contributed by atoms with van der Waals surface area (Å²) < 4.78 is 5.92. The highest BCUT2D eigenvalue weighted by atomic mass is 16.5. The molecule has 4 heteroatoms. The molecule has 0 heterocycles. The summed E-state index contributed by atoms with van der Waals surface area (Å²) in [4.78, 5) is 13.7. The first-order valence-electron chi connectivity index (χ1n) is 8.75. The minimum atomic E-state index is -0.464. The van der Waals surface area contributed by atoms with Crippen molar-refractivity contribution in [2.75, 3.05) is 19.8 Å². The highest BCUT2D eigenvalue weighted by Crippen LogP contribution is 2.28. The second-order valence-corrected chi connectivity index (χ2v) is 6.60. The molecule has 0 fully saturated rings.